The van der Waals surface area contributed by atoms with E-state index in [4.69, 9.17) is 4.74 Å². The highest BCUT2D eigenvalue weighted by molar-refractivity contribution is 7.99. The van der Waals surface area contributed by atoms with Crippen LogP contribution >= 0.6 is 11.8 Å². The lowest BCUT2D eigenvalue weighted by Gasteiger charge is -2.25. The number of nitrogens with one attached hydrogen (secondary N) is 1. The van der Waals surface area contributed by atoms with Crippen LogP contribution in [-0.2, 0) is 16.1 Å². The molecule has 4 rings (SSSR count). The summed E-state index contributed by atoms with van der Waals surface area (Å²) in [5.74, 6) is 1.06. The van der Waals surface area contributed by atoms with Gasteiger partial charge in [-0.15, -0.1) is 5.10 Å². The highest BCUT2D eigenvalue weighted by Crippen LogP contribution is 2.22. The zero-order valence-corrected chi connectivity index (χ0v) is 20.3. The predicted molar refractivity (Wildman–Crippen MR) is 132 cm³/mol. The summed E-state index contributed by atoms with van der Waals surface area (Å²) in [7, 11) is 4.04. The van der Waals surface area contributed by atoms with Crippen molar-refractivity contribution in [3.8, 4) is 11.4 Å². The van der Waals surface area contributed by atoms with Crippen molar-refractivity contribution < 1.29 is 9.53 Å². The van der Waals surface area contributed by atoms with Gasteiger partial charge in [0.05, 0.1) is 11.9 Å². The van der Waals surface area contributed by atoms with Gasteiger partial charge in [-0.1, -0.05) is 53.7 Å². The number of anilines is 1. The molecule has 0 aliphatic carbocycles. The number of nitrogens with zero attached hydrogens (tertiary/aromatic N) is 4. The van der Waals surface area contributed by atoms with E-state index < -0.39 is 0 Å². The van der Waals surface area contributed by atoms with E-state index in [2.05, 4.69) is 51.3 Å². The highest BCUT2D eigenvalue weighted by Gasteiger charge is 2.23. The molecular formula is C25H31N5O2S. The van der Waals surface area contributed by atoms with Crippen LogP contribution in [0.3, 0.4) is 0 Å². The third-order valence-electron chi connectivity index (χ3n) is 5.74. The lowest BCUT2D eigenvalue weighted by Crippen LogP contribution is -2.38. The Balaban J connectivity index is 1.39. The van der Waals surface area contributed by atoms with Crippen molar-refractivity contribution in [2.75, 3.05) is 37.9 Å². The van der Waals surface area contributed by atoms with Gasteiger partial charge < -0.3 is 14.5 Å². The monoisotopic (exact) mass is 465 g/mol. The number of aromatic nitrogens is 3. The first-order valence-electron chi connectivity index (χ1n) is 11.3. The van der Waals surface area contributed by atoms with E-state index in [0.717, 1.165) is 36.3 Å². The van der Waals surface area contributed by atoms with Gasteiger partial charge in [0.1, 0.15) is 0 Å². The molecular weight excluding hydrogens is 434 g/mol. The topological polar surface area (TPSA) is 74.3 Å². The van der Waals surface area contributed by atoms with Crippen LogP contribution in [0.2, 0.25) is 0 Å². The summed E-state index contributed by atoms with van der Waals surface area (Å²) in [6, 6.07) is 16.5. The van der Waals surface area contributed by atoms with E-state index in [1.807, 2.05) is 43.3 Å². The van der Waals surface area contributed by atoms with Gasteiger partial charge in [0.15, 0.2) is 5.82 Å². The van der Waals surface area contributed by atoms with Gasteiger partial charge in [-0.2, -0.15) is 0 Å². The average Bonchev–Trinajstić information content (AvgIpc) is 3.50. The van der Waals surface area contributed by atoms with Crippen LogP contribution in [-0.4, -0.2) is 65.1 Å². The number of amides is 1. The molecule has 7 nitrogen and oxygen atoms in total. The van der Waals surface area contributed by atoms with Gasteiger partial charge in [-0.3, -0.25) is 9.89 Å². The van der Waals surface area contributed by atoms with E-state index in [9.17, 15) is 4.79 Å². The van der Waals surface area contributed by atoms with Gasteiger partial charge in [-0.05, 0) is 37.5 Å². The van der Waals surface area contributed by atoms with Crippen molar-refractivity contribution in [1.29, 1.82) is 0 Å². The molecule has 33 heavy (non-hydrogen) atoms. The maximum absolute atomic E-state index is 13.2. The third-order valence-corrected chi connectivity index (χ3v) is 6.57. The lowest BCUT2D eigenvalue weighted by molar-refractivity contribution is -0.130. The molecule has 1 atom stereocenters. The Morgan fingerprint density at radius 1 is 1.15 bits per heavy atom. The summed E-state index contributed by atoms with van der Waals surface area (Å²) in [5.41, 5.74) is 4.42. The zero-order chi connectivity index (χ0) is 23.2. The Morgan fingerprint density at radius 2 is 1.91 bits per heavy atom. The van der Waals surface area contributed by atoms with Crippen molar-refractivity contribution in [1.82, 2.24) is 20.1 Å². The summed E-state index contributed by atoms with van der Waals surface area (Å²) < 4.78 is 5.81. The summed E-state index contributed by atoms with van der Waals surface area (Å²) in [5, 5.41) is 7.84. The summed E-state index contributed by atoms with van der Waals surface area (Å²) in [4.78, 5) is 21.7. The van der Waals surface area contributed by atoms with Crippen molar-refractivity contribution in [3.63, 3.8) is 0 Å². The van der Waals surface area contributed by atoms with Gasteiger partial charge in [0.25, 0.3) is 0 Å². The second-order valence-corrected chi connectivity index (χ2v) is 9.53. The average molecular weight is 466 g/mol. The number of H-pyrrole nitrogens is 1. The van der Waals surface area contributed by atoms with Crippen LogP contribution in [0, 0.1) is 6.92 Å². The second kappa shape index (κ2) is 10.9. The summed E-state index contributed by atoms with van der Waals surface area (Å²) >= 11 is 1.36. The van der Waals surface area contributed by atoms with Crippen LogP contribution < -0.4 is 4.90 Å². The van der Waals surface area contributed by atoms with Crippen molar-refractivity contribution >= 4 is 23.4 Å². The van der Waals surface area contributed by atoms with E-state index in [-0.39, 0.29) is 17.8 Å². The molecule has 3 aromatic rings. The molecule has 0 radical (unpaired) electrons. The number of thioether (sulfide) groups is 1. The number of carbonyl (C=O) groups excluding carboxylic acids is 1. The van der Waals surface area contributed by atoms with Crippen LogP contribution in [0.25, 0.3) is 11.4 Å². The normalized spacial score (nSPS) is 15.5. The lowest BCUT2D eigenvalue weighted by atomic mass is 10.1. The minimum Gasteiger partial charge on any atom is -0.378 e. The Bertz CT molecular complexity index is 1040. The van der Waals surface area contributed by atoms with E-state index >= 15 is 0 Å². The number of aromatic amines is 1. The molecule has 1 saturated heterocycles. The first-order valence-corrected chi connectivity index (χ1v) is 12.2. The highest BCUT2D eigenvalue weighted by atomic mass is 32.2. The van der Waals surface area contributed by atoms with Crippen molar-refractivity contribution in [2.24, 2.45) is 0 Å². The number of aryl methyl sites for hydroxylation is 1. The number of hydrogen-bond acceptors (Lipinski definition) is 6. The van der Waals surface area contributed by atoms with Crippen LogP contribution in [0.1, 0.15) is 24.0 Å². The third kappa shape index (κ3) is 6.36. The number of rotatable bonds is 9. The fourth-order valence-electron chi connectivity index (χ4n) is 3.78. The molecule has 0 saturated carbocycles. The quantitative estimate of drug-likeness (QED) is 0.479. The van der Waals surface area contributed by atoms with Crippen LogP contribution in [0.15, 0.2) is 53.7 Å². The van der Waals surface area contributed by atoms with Gasteiger partial charge in [0.2, 0.25) is 11.1 Å². The molecule has 0 spiro atoms. The number of benzene rings is 2. The number of hydrogen-bond donors (Lipinski definition) is 1. The molecule has 1 fully saturated rings. The zero-order valence-electron chi connectivity index (χ0n) is 19.5. The molecule has 0 unspecified atom stereocenters. The molecule has 1 amide bonds. The Hall–Kier alpha value is -2.84. The predicted octanol–water partition coefficient (Wildman–Crippen LogP) is 4.15. The first kappa shape index (κ1) is 23.3. The van der Waals surface area contributed by atoms with Gasteiger partial charge in [0, 0.05) is 45.0 Å². The van der Waals surface area contributed by atoms with Crippen LogP contribution in [0.5, 0.6) is 0 Å². The maximum Gasteiger partial charge on any atom is 0.233 e. The van der Waals surface area contributed by atoms with Crippen LogP contribution in [0.4, 0.5) is 5.69 Å². The molecule has 0 bridgehead atoms. The number of ether oxygens (including phenoxy) is 1. The van der Waals surface area contributed by atoms with E-state index in [0.29, 0.717) is 24.1 Å². The fraction of sp³-hybridized carbons (Fsp3) is 0.400. The van der Waals surface area contributed by atoms with E-state index in [1.165, 1.54) is 17.3 Å². The largest absolute Gasteiger partial charge is 0.378 e. The molecule has 174 valence electrons. The molecule has 1 aliphatic heterocycles. The Kier molecular flexibility index (Phi) is 7.67. The minimum atomic E-state index is 0.0638. The molecule has 2 heterocycles. The molecule has 8 heteroatoms. The molecule has 1 aliphatic rings. The molecule has 1 N–H and O–H groups in total. The Morgan fingerprint density at radius 3 is 2.58 bits per heavy atom. The maximum atomic E-state index is 13.2. The van der Waals surface area contributed by atoms with Crippen molar-refractivity contribution in [3.05, 3.63) is 59.7 Å². The van der Waals surface area contributed by atoms with E-state index in [1.54, 1.807) is 0 Å². The molecule has 1 aromatic heterocycles. The smallest absolute Gasteiger partial charge is 0.233 e. The fourth-order valence-corrected chi connectivity index (χ4v) is 4.48. The minimum absolute atomic E-state index is 0.0638. The first-order chi connectivity index (χ1) is 16.0. The summed E-state index contributed by atoms with van der Waals surface area (Å²) in [6.45, 7) is 4.00. The van der Waals surface area contributed by atoms with Gasteiger partial charge >= 0.3 is 0 Å². The Labute approximate surface area is 199 Å². The molecule has 2 aromatic carbocycles. The number of carbonyl (C=O) groups is 1. The second-order valence-electron chi connectivity index (χ2n) is 8.59. The van der Waals surface area contributed by atoms with Crippen molar-refractivity contribution in [2.45, 2.75) is 37.6 Å². The summed E-state index contributed by atoms with van der Waals surface area (Å²) in [6.07, 6.45) is 2.16. The SMILES string of the molecule is Cc1ccc(-c2nc(SCC(=O)N(Cc3ccc(N(C)C)cc3)C[C@H]3CCCO3)n[nH]2)cc1. The van der Waals surface area contributed by atoms with Gasteiger partial charge in [-0.25, -0.2) is 4.98 Å². The standard InChI is InChI=1S/C25H31N5O2S/c1-18-6-10-20(11-7-18)24-26-25(28-27-24)33-17-23(31)30(16-22-5-4-14-32-22)15-19-8-12-21(13-9-19)29(2)3/h6-13,22H,4-5,14-17H2,1-3H3,(H,26,27,28)/t22-/m1/s1.